The van der Waals surface area contributed by atoms with Crippen molar-refractivity contribution in [3.63, 3.8) is 0 Å². The Morgan fingerprint density at radius 3 is 2.39 bits per heavy atom. The Kier molecular flexibility index (Phi) is 3.38. The molecule has 0 aliphatic heterocycles. The molecule has 0 amide bonds. The molecule has 0 aromatic heterocycles. The first kappa shape index (κ1) is 13.4. The van der Waals surface area contributed by atoms with Crippen LogP contribution < -0.4 is 0 Å². The van der Waals surface area contributed by atoms with Gasteiger partial charge in [-0.3, -0.25) is 0 Å². The predicted molar refractivity (Wildman–Crippen MR) is 71.0 cm³/mol. The SMILES string of the molecule is CCC1(CC)CC(C#N)(c2c(F)cccc2Cl)C1. The van der Waals surface area contributed by atoms with Crippen molar-refractivity contribution in [3.8, 4) is 6.07 Å². The van der Waals surface area contributed by atoms with Crippen LogP contribution in [-0.4, -0.2) is 0 Å². The summed E-state index contributed by atoms with van der Waals surface area (Å²) in [7, 11) is 0. The van der Waals surface area contributed by atoms with E-state index >= 15 is 0 Å². The molecule has 3 heteroatoms. The molecule has 1 fully saturated rings. The van der Waals surface area contributed by atoms with Gasteiger partial charge in [-0.2, -0.15) is 5.26 Å². The molecule has 2 rings (SSSR count). The first-order valence-corrected chi connectivity index (χ1v) is 6.76. The summed E-state index contributed by atoms with van der Waals surface area (Å²) in [5.41, 5.74) is -0.151. The molecule has 1 aromatic carbocycles. The van der Waals surface area contributed by atoms with E-state index in [-0.39, 0.29) is 11.2 Å². The third-order valence-corrected chi connectivity index (χ3v) is 4.82. The van der Waals surface area contributed by atoms with Gasteiger partial charge in [-0.05, 0) is 30.4 Å². The van der Waals surface area contributed by atoms with Crippen LogP contribution in [0.4, 0.5) is 4.39 Å². The normalized spacial score (nSPS) is 19.9. The highest BCUT2D eigenvalue weighted by Gasteiger charge is 2.55. The maximum atomic E-state index is 14.0. The fraction of sp³-hybridized carbons (Fsp3) is 0.533. The fourth-order valence-electron chi connectivity index (χ4n) is 3.25. The maximum Gasteiger partial charge on any atom is 0.129 e. The number of benzene rings is 1. The first-order valence-electron chi connectivity index (χ1n) is 6.38. The van der Waals surface area contributed by atoms with Crippen LogP contribution in [0.1, 0.15) is 45.1 Å². The van der Waals surface area contributed by atoms with Gasteiger partial charge in [0, 0.05) is 10.6 Å². The zero-order chi connectivity index (χ0) is 13.4. The molecule has 1 saturated carbocycles. The van der Waals surface area contributed by atoms with Gasteiger partial charge in [0.2, 0.25) is 0 Å². The van der Waals surface area contributed by atoms with Crippen molar-refractivity contribution >= 4 is 11.6 Å². The second-order valence-corrected chi connectivity index (χ2v) is 5.76. The highest BCUT2D eigenvalue weighted by Crippen LogP contribution is 2.60. The van der Waals surface area contributed by atoms with Crippen LogP contribution >= 0.6 is 11.6 Å². The van der Waals surface area contributed by atoms with Crippen LogP contribution in [0.25, 0.3) is 0 Å². The summed E-state index contributed by atoms with van der Waals surface area (Å²) in [4.78, 5) is 0. The van der Waals surface area contributed by atoms with Crippen molar-refractivity contribution in [2.75, 3.05) is 0 Å². The summed E-state index contributed by atoms with van der Waals surface area (Å²) in [6.07, 6.45) is 3.48. The van der Waals surface area contributed by atoms with Crippen LogP contribution in [0.3, 0.4) is 0 Å². The van der Waals surface area contributed by atoms with Gasteiger partial charge in [0.15, 0.2) is 0 Å². The van der Waals surface area contributed by atoms with Crippen LogP contribution in [0.2, 0.25) is 5.02 Å². The predicted octanol–water partition coefficient (Wildman–Crippen LogP) is 4.84. The first-order chi connectivity index (χ1) is 8.52. The molecule has 0 spiro atoms. The molecule has 1 nitrogen and oxygen atoms in total. The summed E-state index contributed by atoms with van der Waals surface area (Å²) in [6.45, 7) is 4.27. The lowest BCUT2D eigenvalue weighted by atomic mass is 9.49. The number of rotatable bonds is 3. The van der Waals surface area contributed by atoms with Gasteiger partial charge >= 0.3 is 0 Å². The second-order valence-electron chi connectivity index (χ2n) is 5.35. The van der Waals surface area contributed by atoms with Crippen molar-refractivity contribution < 1.29 is 4.39 Å². The fourth-order valence-corrected chi connectivity index (χ4v) is 3.59. The largest absolute Gasteiger partial charge is 0.207 e. The molecule has 18 heavy (non-hydrogen) atoms. The second kappa shape index (κ2) is 4.55. The molecule has 0 bridgehead atoms. The van der Waals surface area contributed by atoms with Gasteiger partial charge in [0.05, 0.1) is 11.5 Å². The Balaban J connectivity index is 2.42. The minimum Gasteiger partial charge on any atom is -0.207 e. The molecule has 0 unspecified atom stereocenters. The Hall–Kier alpha value is -1.07. The van der Waals surface area contributed by atoms with E-state index in [1.54, 1.807) is 12.1 Å². The van der Waals surface area contributed by atoms with Gasteiger partial charge in [-0.25, -0.2) is 4.39 Å². The zero-order valence-corrected chi connectivity index (χ0v) is 11.5. The summed E-state index contributed by atoms with van der Waals surface area (Å²) in [5, 5.41) is 9.86. The van der Waals surface area contributed by atoms with Crippen LogP contribution in [0.5, 0.6) is 0 Å². The minimum atomic E-state index is -0.728. The summed E-state index contributed by atoms with van der Waals surface area (Å²) >= 11 is 6.09. The minimum absolute atomic E-state index is 0.182. The molecular weight excluding hydrogens is 249 g/mol. The Morgan fingerprint density at radius 1 is 1.33 bits per heavy atom. The monoisotopic (exact) mass is 265 g/mol. The molecule has 1 aliphatic rings. The lowest BCUT2D eigenvalue weighted by Crippen LogP contribution is -2.48. The van der Waals surface area contributed by atoms with Gasteiger partial charge in [-0.15, -0.1) is 0 Å². The smallest absolute Gasteiger partial charge is 0.129 e. The van der Waals surface area contributed by atoms with E-state index in [1.807, 2.05) is 0 Å². The molecule has 0 N–H and O–H groups in total. The zero-order valence-electron chi connectivity index (χ0n) is 10.8. The standard InChI is InChI=1S/C15H17ClFN/c1-3-14(4-2)8-15(9-14,10-18)13-11(16)6-5-7-12(13)17/h5-7H,3-4,8-9H2,1-2H3. The highest BCUT2D eigenvalue weighted by atomic mass is 35.5. The Labute approximate surface area is 113 Å². The molecule has 0 saturated heterocycles. The number of nitrogens with zero attached hydrogens (tertiary/aromatic N) is 1. The lowest BCUT2D eigenvalue weighted by Gasteiger charge is -2.53. The molecule has 0 atom stereocenters. The van der Waals surface area contributed by atoms with Gasteiger partial charge in [-0.1, -0.05) is 44.4 Å². The average Bonchev–Trinajstić information content (AvgIpc) is 2.32. The highest BCUT2D eigenvalue weighted by molar-refractivity contribution is 6.31. The van der Waals surface area contributed by atoms with Crippen molar-refractivity contribution in [2.45, 2.75) is 44.9 Å². The van der Waals surface area contributed by atoms with Gasteiger partial charge < -0.3 is 0 Å². The van der Waals surface area contributed by atoms with E-state index in [2.05, 4.69) is 19.9 Å². The van der Waals surface area contributed by atoms with Crippen LogP contribution in [0, 0.1) is 22.6 Å². The lowest BCUT2D eigenvalue weighted by molar-refractivity contribution is 0.0460. The van der Waals surface area contributed by atoms with Crippen LogP contribution in [-0.2, 0) is 5.41 Å². The van der Waals surface area contributed by atoms with Crippen molar-refractivity contribution in [2.24, 2.45) is 5.41 Å². The van der Waals surface area contributed by atoms with Crippen molar-refractivity contribution in [1.29, 1.82) is 5.26 Å². The number of halogens is 2. The third kappa shape index (κ3) is 1.82. The van der Waals surface area contributed by atoms with E-state index < -0.39 is 5.41 Å². The topological polar surface area (TPSA) is 23.8 Å². The quantitative estimate of drug-likeness (QED) is 0.767. The molecule has 0 heterocycles. The van der Waals surface area contributed by atoms with E-state index in [9.17, 15) is 9.65 Å². The van der Waals surface area contributed by atoms with Gasteiger partial charge in [0.25, 0.3) is 0 Å². The molecule has 96 valence electrons. The van der Waals surface area contributed by atoms with Crippen molar-refractivity contribution in [1.82, 2.24) is 0 Å². The number of hydrogen-bond donors (Lipinski definition) is 0. The van der Waals surface area contributed by atoms with E-state index in [4.69, 9.17) is 11.6 Å². The van der Waals surface area contributed by atoms with E-state index in [1.165, 1.54) is 6.07 Å². The summed E-state index contributed by atoms with van der Waals surface area (Å²) in [5.74, 6) is -0.357. The molecule has 1 aliphatic carbocycles. The average molecular weight is 266 g/mol. The van der Waals surface area contributed by atoms with Crippen LogP contribution in [0.15, 0.2) is 18.2 Å². The van der Waals surface area contributed by atoms with E-state index in [0.717, 1.165) is 12.8 Å². The number of nitriles is 1. The molecular formula is C15H17ClFN. The Morgan fingerprint density at radius 2 is 1.94 bits per heavy atom. The summed E-state index contributed by atoms with van der Waals surface area (Å²) in [6, 6.07) is 6.94. The third-order valence-electron chi connectivity index (χ3n) is 4.51. The molecule has 0 radical (unpaired) electrons. The molecule has 1 aromatic rings. The maximum absolute atomic E-state index is 14.0. The number of hydrogen-bond acceptors (Lipinski definition) is 1. The Bertz CT molecular complexity index is 471. The van der Waals surface area contributed by atoms with E-state index in [0.29, 0.717) is 23.4 Å². The summed E-state index contributed by atoms with van der Waals surface area (Å²) < 4.78 is 14.0. The van der Waals surface area contributed by atoms with Crippen molar-refractivity contribution in [3.05, 3.63) is 34.6 Å². The van der Waals surface area contributed by atoms with Gasteiger partial charge in [0.1, 0.15) is 5.82 Å².